The molecule has 0 bridgehead atoms. The Hall–Kier alpha value is -3.55. The molecule has 0 radical (unpaired) electrons. The van der Waals surface area contributed by atoms with Crippen LogP contribution < -0.4 is 9.47 Å². The van der Waals surface area contributed by atoms with Gasteiger partial charge >= 0.3 is 5.97 Å². The number of aromatic nitrogens is 2. The number of hydrogen-bond acceptors (Lipinski definition) is 5. The largest absolute Gasteiger partial charge is 0.494 e. The SMILES string of the molecule is COc1cccc2[nH]c(C[C@H]3CN(C(=O)COc4ccccc4)CC[C@H]3CC(=O)O)nc12. The van der Waals surface area contributed by atoms with Gasteiger partial charge in [0.05, 0.1) is 12.6 Å². The van der Waals surface area contributed by atoms with Crippen molar-refractivity contribution in [1.29, 1.82) is 0 Å². The van der Waals surface area contributed by atoms with Crippen molar-refractivity contribution in [1.82, 2.24) is 14.9 Å². The number of hydrogen-bond donors (Lipinski definition) is 2. The molecule has 168 valence electrons. The molecule has 2 N–H and O–H groups in total. The maximum absolute atomic E-state index is 12.8. The van der Waals surface area contributed by atoms with Crippen molar-refractivity contribution >= 4 is 22.9 Å². The van der Waals surface area contributed by atoms with Crippen molar-refractivity contribution in [3.63, 3.8) is 0 Å². The van der Waals surface area contributed by atoms with Crippen molar-refractivity contribution in [2.45, 2.75) is 19.3 Å². The number of benzene rings is 2. The number of likely N-dealkylation sites (tertiary alicyclic amines) is 1. The van der Waals surface area contributed by atoms with Gasteiger partial charge in [0.15, 0.2) is 6.61 Å². The summed E-state index contributed by atoms with van der Waals surface area (Å²) in [4.78, 5) is 34.0. The van der Waals surface area contributed by atoms with Crippen molar-refractivity contribution < 1.29 is 24.2 Å². The Morgan fingerprint density at radius 3 is 2.72 bits per heavy atom. The molecule has 2 aromatic carbocycles. The Bertz CT molecular complexity index is 1080. The summed E-state index contributed by atoms with van der Waals surface area (Å²) in [6, 6.07) is 14.9. The number of methoxy groups -OCH3 is 1. The lowest BCUT2D eigenvalue weighted by Crippen LogP contribution is -2.46. The van der Waals surface area contributed by atoms with Crippen molar-refractivity contribution in [3.8, 4) is 11.5 Å². The third-order valence-electron chi connectivity index (χ3n) is 5.99. The number of piperidine rings is 1. The van der Waals surface area contributed by atoms with Crippen LogP contribution in [-0.2, 0) is 16.0 Å². The number of carboxylic acids is 1. The fraction of sp³-hybridized carbons (Fsp3) is 0.375. The number of fused-ring (bicyclic) bond motifs is 1. The molecule has 2 atom stereocenters. The molecule has 1 amide bonds. The predicted molar refractivity (Wildman–Crippen MR) is 119 cm³/mol. The van der Waals surface area contributed by atoms with Gasteiger partial charge in [0.1, 0.15) is 22.8 Å². The zero-order valence-corrected chi connectivity index (χ0v) is 18.0. The van der Waals surface area contributed by atoms with E-state index in [1.807, 2.05) is 48.5 Å². The Balaban J connectivity index is 1.47. The monoisotopic (exact) mass is 437 g/mol. The topological polar surface area (TPSA) is 105 Å². The summed E-state index contributed by atoms with van der Waals surface area (Å²) < 4.78 is 11.0. The maximum Gasteiger partial charge on any atom is 0.303 e. The lowest BCUT2D eigenvalue weighted by atomic mass is 9.81. The molecule has 4 rings (SSSR count). The number of aromatic amines is 1. The number of nitrogens with one attached hydrogen (secondary N) is 1. The molecule has 1 saturated heterocycles. The van der Waals surface area contributed by atoms with Crippen molar-refractivity contribution in [3.05, 3.63) is 54.4 Å². The zero-order chi connectivity index (χ0) is 22.5. The third-order valence-corrected chi connectivity index (χ3v) is 5.99. The predicted octanol–water partition coefficient (Wildman–Crippen LogP) is 3.13. The Kier molecular flexibility index (Phi) is 6.58. The lowest BCUT2D eigenvalue weighted by Gasteiger charge is -2.38. The minimum atomic E-state index is -0.821. The number of aliphatic carboxylic acids is 1. The van der Waals surface area contributed by atoms with Gasteiger partial charge in [-0.15, -0.1) is 0 Å². The van der Waals surface area contributed by atoms with Crippen LogP contribution in [0.5, 0.6) is 11.5 Å². The second kappa shape index (κ2) is 9.72. The van der Waals surface area contributed by atoms with Gasteiger partial charge in [-0.2, -0.15) is 0 Å². The van der Waals surface area contributed by atoms with E-state index in [4.69, 9.17) is 9.47 Å². The Labute approximate surface area is 186 Å². The van der Waals surface area contributed by atoms with Crippen LogP contribution in [0.3, 0.4) is 0 Å². The number of amides is 1. The van der Waals surface area contributed by atoms with E-state index in [0.717, 1.165) is 16.9 Å². The number of carbonyl (C=O) groups excluding carboxylic acids is 1. The number of imidazole rings is 1. The normalized spacial score (nSPS) is 18.5. The summed E-state index contributed by atoms with van der Waals surface area (Å²) in [7, 11) is 1.61. The van der Waals surface area contributed by atoms with E-state index < -0.39 is 5.97 Å². The first-order chi connectivity index (χ1) is 15.5. The molecule has 3 aromatic rings. The smallest absolute Gasteiger partial charge is 0.303 e. The average molecular weight is 437 g/mol. The third kappa shape index (κ3) is 5.01. The summed E-state index contributed by atoms with van der Waals surface area (Å²) in [6.07, 6.45) is 1.27. The highest BCUT2D eigenvalue weighted by Gasteiger charge is 2.33. The van der Waals surface area contributed by atoms with Crippen LogP contribution in [-0.4, -0.2) is 58.7 Å². The molecule has 32 heavy (non-hydrogen) atoms. The van der Waals surface area contributed by atoms with Gasteiger partial charge in [0, 0.05) is 25.9 Å². The van der Waals surface area contributed by atoms with E-state index >= 15 is 0 Å². The van der Waals surface area contributed by atoms with Gasteiger partial charge in [-0.1, -0.05) is 24.3 Å². The van der Waals surface area contributed by atoms with Crippen LogP contribution in [0, 0.1) is 11.8 Å². The average Bonchev–Trinajstić information content (AvgIpc) is 3.21. The van der Waals surface area contributed by atoms with E-state index in [9.17, 15) is 14.7 Å². The van der Waals surface area contributed by atoms with E-state index in [2.05, 4.69) is 9.97 Å². The van der Waals surface area contributed by atoms with Crippen molar-refractivity contribution in [2.24, 2.45) is 11.8 Å². The molecule has 0 aliphatic carbocycles. The van der Waals surface area contributed by atoms with Crippen LogP contribution in [0.2, 0.25) is 0 Å². The standard InChI is InChI=1S/C24H27N3O5/c1-31-20-9-5-8-19-24(20)26-21(25-19)12-17-14-27(11-10-16(17)13-23(29)30)22(28)15-32-18-6-3-2-4-7-18/h2-9,16-17H,10-15H2,1H3,(H,25,26)(H,29,30)/t16-,17-/m0/s1. The molecule has 1 fully saturated rings. The Morgan fingerprint density at radius 2 is 1.97 bits per heavy atom. The first-order valence-corrected chi connectivity index (χ1v) is 10.7. The van der Waals surface area contributed by atoms with Crippen molar-refractivity contribution in [2.75, 3.05) is 26.8 Å². The molecule has 2 heterocycles. The summed E-state index contributed by atoms with van der Waals surface area (Å²) in [5.41, 5.74) is 1.62. The van der Waals surface area contributed by atoms with E-state index in [0.29, 0.717) is 37.4 Å². The fourth-order valence-corrected chi connectivity index (χ4v) is 4.35. The minimum absolute atomic E-state index is 0.0212. The van der Waals surface area contributed by atoms with Crippen LogP contribution in [0.25, 0.3) is 11.0 Å². The van der Waals surface area contributed by atoms with E-state index in [1.54, 1.807) is 12.0 Å². The minimum Gasteiger partial charge on any atom is -0.494 e. The molecular formula is C24H27N3O5. The molecule has 8 heteroatoms. The number of H-pyrrole nitrogens is 1. The second-order valence-electron chi connectivity index (χ2n) is 8.09. The van der Waals surface area contributed by atoms with Crippen LogP contribution in [0.1, 0.15) is 18.7 Å². The van der Waals surface area contributed by atoms with Crippen LogP contribution in [0.15, 0.2) is 48.5 Å². The van der Waals surface area contributed by atoms with Gasteiger partial charge in [-0.25, -0.2) is 4.98 Å². The summed E-state index contributed by atoms with van der Waals surface area (Å²) >= 11 is 0. The number of rotatable bonds is 8. The van der Waals surface area contributed by atoms with Crippen LogP contribution >= 0.6 is 0 Å². The molecule has 1 aliphatic rings. The first-order valence-electron chi connectivity index (χ1n) is 10.7. The molecule has 1 aliphatic heterocycles. The summed E-state index contributed by atoms with van der Waals surface area (Å²) in [6.45, 7) is 0.963. The second-order valence-corrected chi connectivity index (χ2v) is 8.09. The molecule has 0 spiro atoms. The quantitative estimate of drug-likeness (QED) is 0.561. The summed E-state index contributed by atoms with van der Waals surface area (Å²) in [5, 5.41) is 9.38. The zero-order valence-electron chi connectivity index (χ0n) is 18.0. The first kappa shape index (κ1) is 21.7. The van der Waals surface area contributed by atoms with Crippen LogP contribution in [0.4, 0.5) is 0 Å². The van der Waals surface area contributed by atoms with E-state index in [-0.39, 0.29) is 30.8 Å². The number of ether oxygens (including phenoxy) is 2. The number of carbonyl (C=O) groups is 2. The van der Waals surface area contributed by atoms with Gasteiger partial charge < -0.3 is 24.5 Å². The lowest BCUT2D eigenvalue weighted by molar-refractivity contribution is -0.140. The van der Waals surface area contributed by atoms with Gasteiger partial charge in [0.2, 0.25) is 0 Å². The molecule has 0 saturated carbocycles. The van der Waals surface area contributed by atoms with Gasteiger partial charge in [-0.3, -0.25) is 9.59 Å². The highest BCUT2D eigenvalue weighted by molar-refractivity contribution is 5.81. The molecule has 8 nitrogen and oxygen atoms in total. The highest BCUT2D eigenvalue weighted by atomic mass is 16.5. The molecule has 1 aromatic heterocycles. The Morgan fingerprint density at radius 1 is 1.16 bits per heavy atom. The summed E-state index contributed by atoms with van der Waals surface area (Å²) in [5.74, 6) is 1.13. The number of carboxylic acid groups (broad SMARTS) is 1. The van der Waals surface area contributed by atoms with E-state index in [1.165, 1.54) is 0 Å². The van der Waals surface area contributed by atoms with Gasteiger partial charge in [-0.05, 0) is 42.5 Å². The number of para-hydroxylation sites is 2. The highest BCUT2D eigenvalue weighted by Crippen LogP contribution is 2.31. The van der Waals surface area contributed by atoms with Gasteiger partial charge in [0.25, 0.3) is 5.91 Å². The molecule has 0 unspecified atom stereocenters. The maximum atomic E-state index is 12.8. The molecular weight excluding hydrogens is 410 g/mol. The number of nitrogens with zero attached hydrogens (tertiary/aromatic N) is 2. The fourth-order valence-electron chi connectivity index (χ4n) is 4.35.